The van der Waals surface area contributed by atoms with E-state index in [-0.39, 0.29) is 11.7 Å². The minimum Gasteiger partial charge on any atom is -0.497 e. The number of nitrogens with zero attached hydrogens (tertiary/aromatic N) is 1. The lowest BCUT2D eigenvalue weighted by atomic mass is 9.80. The summed E-state index contributed by atoms with van der Waals surface area (Å²) in [6, 6.07) is 13.3. The van der Waals surface area contributed by atoms with E-state index >= 15 is 0 Å². The molecule has 146 valence electrons. The van der Waals surface area contributed by atoms with Crippen molar-refractivity contribution >= 4 is 23.1 Å². The minimum absolute atomic E-state index is 0.0393. The van der Waals surface area contributed by atoms with Gasteiger partial charge in [-0.3, -0.25) is 4.79 Å². The molecule has 0 saturated heterocycles. The molecule has 0 saturated carbocycles. The zero-order chi connectivity index (χ0) is 20.1. The summed E-state index contributed by atoms with van der Waals surface area (Å²) in [6.45, 7) is 0. The number of aryl methyl sites for hydroxylation is 1. The molecule has 0 bridgehead atoms. The third kappa shape index (κ3) is 2.76. The molecule has 1 unspecified atom stereocenters. The molecular formula is C23H19ClN2O3. The third-order valence-corrected chi connectivity index (χ3v) is 6.00. The van der Waals surface area contributed by atoms with Gasteiger partial charge in [-0.1, -0.05) is 35.9 Å². The average molecular weight is 407 g/mol. The lowest BCUT2D eigenvalue weighted by molar-refractivity contribution is 0.0972. The number of pyridine rings is 1. The highest BCUT2D eigenvalue weighted by Gasteiger charge is 2.36. The van der Waals surface area contributed by atoms with Crippen molar-refractivity contribution in [2.75, 3.05) is 12.8 Å². The van der Waals surface area contributed by atoms with Crippen LogP contribution in [0.2, 0.25) is 5.02 Å². The molecule has 2 aliphatic rings. The summed E-state index contributed by atoms with van der Waals surface area (Å²) < 4.78 is 11.5. The Balaban J connectivity index is 1.81. The number of carbonyl (C=O) groups is 1. The molecule has 29 heavy (non-hydrogen) atoms. The Hall–Kier alpha value is -3.05. The van der Waals surface area contributed by atoms with Crippen LogP contribution in [0.15, 0.2) is 42.5 Å². The first-order valence-electron chi connectivity index (χ1n) is 9.54. The maximum Gasteiger partial charge on any atom is 0.225 e. The number of hydrogen-bond donors (Lipinski definition) is 1. The summed E-state index contributed by atoms with van der Waals surface area (Å²) in [5.41, 5.74) is 10.8. The maximum absolute atomic E-state index is 12.6. The van der Waals surface area contributed by atoms with Gasteiger partial charge in [-0.05, 0) is 30.5 Å². The lowest BCUT2D eigenvalue weighted by Crippen LogP contribution is -2.22. The van der Waals surface area contributed by atoms with Gasteiger partial charge >= 0.3 is 0 Å². The van der Waals surface area contributed by atoms with Crippen LogP contribution in [0.25, 0.3) is 0 Å². The van der Waals surface area contributed by atoms with Crippen molar-refractivity contribution in [1.82, 2.24) is 4.98 Å². The van der Waals surface area contributed by atoms with E-state index in [9.17, 15) is 4.79 Å². The lowest BCUT2D eigenvalue weighted by Gasteiger charge is -2.31. The molecule has 6 heteroatoms. The molecule has 5 nitrogen and oxygen atoms in total. The first-order valence-corrected chi connectivity index (χ1v) is 9.92. The number of nitrogens with two attached hydrogens (primary N) is 1. The fourth-order valence-corrected chi connectivity index (χ4v) is 4.54. The molecule has 5 rings (SSSR count). The summed E-state index contributed by atoms with van der Waals surface area (Å²) >= 11 is 6.58. The Labute approximate surface area is 173 Å². The molecule has 3 aromatic rings. The van der Waals surface area contributed by atoms with Gasteiger partial charge in [0, 0.05) is 29.0 Å². The number of ether oxygens (including phenoxy) is 2. The van der Waals surface area contributed by atoms with Crippen LogP contribution in [0.5, 0.6) is 17.4 Å². The van der Waals surface area contributed by atoms with Crippen molar-refractivity contribution in [3.63, 3.8) is 0 Å². The van der Waals surface area contributed by atoms with Gasteiger partial charge in [-0.25, -0.2) is 4.98 Å². The van der Waals surface area contributed by atoms with E-state index < -0.39 is 0 Å². The van der Waals surface area contributed by atoms with Gasteiger partial charge in [-0.15, -0.1) is 0 Å². The fraction of sp³-hybridized carbons (Fsp3) is 0.217. The van der Waals surface area contributed by atoms with Crippen molar-refractivity contribution < 1.29 is 14.3 Å². The highest BCUT2D eigenvalue weighted by molar-refractivity contribution is 6.31. The molecule has 1 aliphatic carbocycles. The summed E-state index contributed by atoms with van der Waals surface area (Å²) in [5, 5.41) is 0.621. The third-order valence-electron chi connectivity index (χ3n) is 5.65. The standard InChI is InChI=1S/C23H19ClN2O3/c1-28-12-9-10-14-18(11-12)29-23-21(19(14)13-5-2-3-6-15(13)24)22(25)20-16(26-23)7-4-8-17(20)27/h2-3,5-6,9-11,19H,4,7-8H2,1H3,(H2,25,26). The Morgan fingerprint density at radius 3 is 2.79 bits per heavy atom. The second-order valence-corrected chi connectivity index (χ2v) is 7.71. The molecule has 1 aliphatic heterocycles. The Morgan fingerprint density at radius 2 is 2.00 bits per heavy atom. The SMILES string of the molecule is COc1ccc2c(c1)Oc1nc3c(c(N)c1C2c1ccccc1Cl)C(=O)CCC3. The van der Waals surface area contributed by atoms with Crippen LogP contribution in [0, 0.1) is 0 Å². The zero-order valence-electron chi connectivity index (χ0n) is 15.9. The Kier molecular flexibility index (Phi) is 4.21. The van der Waals surface area contributed by atoms with Gasteiger partial charge in [0.05, 0.1) is 29.6 Å². The van der Waals surface area contributed by atoms with Crippen LogP contribution in [0.3, 0.4) is 0 Å². The first-order chi connectivity index (χ1) is 14.1. The number of benzene rings is 2. The summed E-state index contributed by atoms with van der Waals surface area (Å²) in [5.74, 6) is 1.52. The smallest absolute Gasteiger partial charge is 0.225 e. The number of nitrogen functional groups attached to an aromatic ring is 1. The zero-order valence-corrected chi connectivity index (χ0v) is 16.6. The predicted octanol–water partition coefficient (Wildman–Crippen LogP) is 5.13. The summed E-state index contributed by atoms with van der Waals surface area (Å²) in [7, 11) is 1.61. The molecule has 2 N–H and O–H groups in total. The predicted molar refractivity (Wildman–Crippen MR) is 111 cm³/mol. The van der Waals surface area contributed by atoms with Gasteiger partial charge in [-0.2, -0.15) is 0 Å². The van der Waals surface area contributed by atoms with Crippen molar-refractivity contribution in [3.8, 4) is 17.4 Å². The second kappa shape index (κ2) is 6.78. The van der Waals surface area contributed by atoms with E-state index in [0.717, 1.165) is 17.5 Å². The summed E-state index contributed by atoms with van der Waals surface area (Å²) in [4.78, 5) is 17.3. The van der Waals surface area contributed by atoms with Gasteiger partial charge in [0.25, 0.3) is 0 Å². The van der Waals surface area contributed by atoms with E-state index in [2.05, 4.69) is 0 Å². The van der Waals surface area contributed by atoms with Gasteiger partial charge in [0.15, 0.2) is 5.78 Å². The number of ketones is 1. The van der Waals surface area contributed by atoms with Crippen LogP contribution in [-0.2, 0) is 6.42 Å². The van der Waals surface area contributed by atoms with Crippen LogP contribution in [0.4, 0.5) is 5.69 Å². The molecule has 0 amide bonds. The van der Waals surface area contributed by atoms with Crippen molar-refractivity contribution in [3.05, 3.63) is 75.4 Å². The molecule has 0 radical (unpaired) electrons. The largest absolute Gasteiger partial charge is 0.497 e. The molecule has 1 atom stereocenters. The summed E-state index contributed by atoms with van der Waals surface area (Å²) in [6.07, 6.45) is 1.97. The second-order valence-electron chi connectivity index (χ2n) is 7.30. The molecule has 0 spiro atoms. The number of Topliss-reactive ketones (excluding diaryl/α,β-unsaturated/α-hetero) is 1. The van der Waals surface area contributed by atoms with Gasteiger partial charge in [0.2, 0.25) is 5.88 Å². The average Bonchev–Trinajstić information content (AvgIpc) is 2.72. The van der Waals surface area contributed by atoms with E-state index in [1.54, 1.807) is 7.11 Å². The topological polar surface area (TPSA) is 74.4 Å². The number of halogens is 1. The number of aromatic nitrogens is 1. The first kappa shape index (κ1) is 18.0. The molecule has 2 aromatic carbocycles. The maximum atomic E-state index is 12.6. The highest BCUT2D eigenvalue weighted by atomic mass is 35.5. The number of fused-ring (bicyclic) bond motifs is 3. The van der Waals surface area contributed by atoms with Crippen molar-refractivity contribution in [2.45, 2.75) is 25.2 Å². The van der Waals surface area contributed by atoms with Gasteiger partial charge in [0.1, 0.15) is 11.5 Å². The van der Waals surface area contributed by atoms with E-state index in [1.807, 2.05) is 42.5 Å². The van der Waals surface area contributed by atoms with Crippen LogP contribution in [-0.4, -0.2) is 17.9 Å². The molecule has 1 aromatic heterocycles. The number of hydrogen-bond acceptors (Lipinski definition) is 5. The number of methoxy groups -OCH3 is 1. The molecule has 2 heterocycles. The minimum atomic E-state index is -0.291. The van der Waals surface area contributed by atoms with E-state index in [0.29, 0.717) is 57.8 Å². The fourth-order valence-electron chi connectivity index (χ4n) is 4.29. The van der Waals surface area contributed by atoms with Crippen LogP contribution in [0.1, 0.15) is 51.5 Å². The number of anilines is 1. The van der Waals surface area contributed by atoms with Crippen molar-refractivity contribution in [2.24, 2.45) is 0 Å². The molecule has 0 fully saturated rings. The quantitative estimate of drug-likeness (QED) is 0.499. The normalized spacial score (nSPS) is 17.0. The van der Waals surface area contributed by atoms with E-state index in [1.165, 1.54) is 0 Å². The Morgan fingerprint density at radius 1 is 1.17 bits per heavy atom. The molecular weight excluding hydrogens is 388 g/mol. The number of rotatable bonds is 2. The Bertz CT molecular complexity index is 1160. The van der Waals surface area contributed by atoms with E-state index in [4.69, 9.17) is 31.8 Å². The van der Waals surface area contributed by atoms with Gasteiger partial charge < -0.3 is 15.2 Å². The monoisotopic (exact) mass is 406 g/mol. The van der Waals surface area contributed by atoms with Crippen LogP contribution < -0.4 is 15.2 Å². The van der Waals surface area contributed by atoms with Crippen LogP contribution >= 0.6 is 11.6 Å². The van der Waals surface area contributed by atoms with Crippen molar-refractivity contribution in [1.29, 1.82) is 0 Å². The highest BCUT2D eigenvalue weighted by Crippen LogP contribution is 2.52. The number of carbonyl (C=O) groups excluding carboxylic acids is 1.